The Hall–Kier alpha value is -0.900. The number of piperidine rings is 3. The molecule has 1 aromatic carbocycles. The van der Waals surface area contributed by atoms with E-state index in [-0.39, 0.29) is 0 Å². The molecule has 0 bridgehead atoms. The maximum Gasteiger partial charge on any atom is 0.104 e. The van der Waals surface area contributed by atoms with Crippen LogP contribution in [0.25, 0.3) is 0 Å². The fourth-order valence-corrected chi connectivity index (χ4v) is 6.74. The van der Waals surface area contributed by atoms with Crippen molar-refractivity contribution in [2.75, 3.05) is 60.4 Å². The maximum atomic E-state index is 2.59. The Kier molecular flexibility index (Phi) is 6.91. The zero-order valence-corrected chi connectivity index (χ0v) is 20.3. The molecule has 0 spiro atoms. The summed E-state index contributed by atoms with van der Waals surface area (Å²) in [4.78, 5) is 0. The van der Waals surface area contributed by atoms with Gasteiger partial charge in [0.05, 0.1) is 60.4 Å². The van der Waals surface area contributed by atoms with Crippen LogP contribution in [0.2, 0.25) is 0 Å². The van der Waals surface area contributed by atoms with Gasteiger partial charge < -0.3 is 13.4 Å². The molecular weight excluding hydrogens is 366 g/mol. The van der Waals surface area contributed by atoms with Crippen LogP contribution in [-0.2, 0) is 19.6 Å². The van der Waals surface area contributed by atoms with Crippen molar-refractivity contribution in [1.29, 1.82) is 0 Å². The lowest BCUT2D eigenvalue weighted by Gasteiger charge is -2.40. The highest BCUT2D eigenvalue weighted by atomic mass is 15.3. The van der Waals surface area contributed by atoms with Crippen LogP contribution < -0.4 is 0 Å². The Balaban J connectivity index is 1.57. The molecule has 0 amide bonds. The topological polar surface area (TPSA) is 0 Å². The molecule has 30 heavy (non-hydrogen) atoms. The quantitative estimate of drug-likeness (QED) is 0.570. The van der Waals surface area contributed by atoms with Gasteiger partial charge in [-0.3, -0.25) is 0 Å². The van der Waals surface area contributed by atoms with E-state index in [1.807, 2.05) is 0 Å². The lowest BCUT2D eigenvalue weighted by Crippen LogP contribution is -2.48. The first-order chi connectivity index (χ1) is 14.4. The van der Waals surface area contributed by atoms with E-state index in [0.717, 1.165) is 0 Å². The molecule has 3 nitrogen and oxygen atoms in total. The fourth-order valence-electron chi connectivity index (χ4n) is 6.74. The third-order valence-corrected chi connectivity index (χ3v) is 8.49. The van der Waals surface area contributed by atoms with Crippen molar-refractivity contribution in [3.63, 3.8) is 0 Å². The SMILES string of the molecule is C[N+]1(Cc2cc(C[N+]3(C)CCCCC3)cc(C[N+]3(C)CCCCC3)c2)CCCCC1. The zero-order chi connectivity index (χ0) is 21.1. The first-order valence-electron chi connectivity index (χ1n) is 13.0. The lowest BCUT2D eigenvalue weighted by molar-refractivity contribution is -0.928. The van der Waals surface area contributed by atoms with Crippen LogP contribution in [0.4, 0.5) is 0 Å². The van der Waals surface area contributed by atoms with Gasteiger partial charge in [-0.25, -0.2) is 0 Å². The van der Waals surface area contributed by atoms with Crippen molar-refractivity contribution in [3.8, 4) is 0 Å². The highest BCUT2D eigenvalue weighted by Gasteiger charge is 2.29. The summed E-state index contributed by atoms with van der Waals surface area (Å²) in [7, 11) is 7.51. The molecule has 0 aliphatic carbocycles. The Morgan fingerprint density at radius 1 is 0.433 bits per heavy atom. The molecule has 0 saturated carbocycles. The molecule has 0 atom stereocenters. The average molecular weight is 415 g/mol. The highest BCUT2D eigenvalue weighted by Crippen LogP contribution is 2.27. The highest BCUT2D eigenvalue weighted by molar-refractivity contribution is 5.29. The number of hydrogen-bond donors (Lipinski definition) is 0. The van der Waals surface area contributed by atoms with Crippen LogP contribution in [-0.4, -0.2) is 73.9 Å². The van der Waals surface area contributed by atoms with Crippen LogP contribution in [0.15, 0.2) is 18.2 Å². The summed E-state index contributed by atoms with van der Waals surface area (Å²) >= 11 is 0. The van der Waals surface area contributed by atoms with E-state index < -0.39 is 0 Å². The predicted octanol–water partition coefficient (Wildman–Crippen LogP) is 5.08. The number of likely N-dealkylation sites (tertiary alicyclic amines) is 3. The molecular formula is C27H48N3+3. The van der Waals surface area contributed by atoms with Crippen molar-refractivity contribution in [1.82, 2.24) is 0 Å². The number of quaternary nitrogens is 3. The molecule has 0 radical (unpaired) electrons. The van der Waals surface area contributed by atoms with E-state index in [1.165, 1.54) is 130 Å². The largest absolute Gasteiger partial charge is 0.322 e. The zero-order valence-electron chi connectivity index (χ0n) is 20.3. The molecule has 3 fully saturated rings. The third kappa shape index (κ3) is 5.87. The summed E-state index contributed by atoms with van der Waals surface area (Å²) in [6, 6.07) is 7.78. The molecule has 0 aromatic heterocycles. The summed E-state index contributed by atoms with van der Waals surface area (Å²) in [6.07, 6.45) is 12.8. The summed E-state index contributed by atoms with van der Waals surface area (Å²) in [6.45, 7) is 11.9. The van der Waals surface area contributed by atoms with Crippen LogP contribution in [0.5, 0.6) is 0 Å². The first kappa shape index (κ1) is 22.3. The second kappa shape index (κ2) is 9.30. The molecule has 3 aliphatic rings. The average Bonchev–Trinajstić information content (AvgIpc) is 2.68. The third-order valence-electron chi connectivity index (χ3n) is 8.49. The summed E-state index contributed by atoms with van der Waals surface area (Å²) in [5.41, 5.74) is 4.83. The van der Waals surface area contributed by atoms with Crippen molar-refractivity contribution >= 4 is 0 Å². The van der Waals surface area contributed by atoms with Gasteiger partial charge in [-0.2, -0.15) is 0 Å². The Morgan fingerprint density at radius 2 is 0.667 bits per heavy atom. The van der Waals surface area contributed by atoms with E-state index >= 15 is 0 Å². The predicted molar refractivity (Wildman–Crippen MR) is 127 cm³/mol. The molecule has 3 heteroatoms. The van der Waals surface area contributed by atoms with Crippen molar-refractivity contribution in [2.45, 2.75) is 77.4 Å². The Labute approximate surface area is 186 Å². The normalized spacial score (nSPS) is 25.7. The molecule has 4 rings (SSSR count). The first-order valence-corrected chi connectivity index (χ1v) is 13.0. The van der Waals surface area contributed by atoms with Gasteiger partial charge in [-0.05, 0) is 76.0 Å². The molecule has 3 aliphatic heterocycles. The smallest absolute Gasteiger partial charge is 0.104 e. The molecule has 0 unspecified atom stereocenters. The van der Waals surface area contributed by atoms with Crippen LogP contribution in [0, 0.1) is 0 Å². The van der Waals surface area contributed by atoms with Gasteiger partial charge in [-0.1, -0.05) is 0 Å². The minimum atomic E-state index is 1.23. The van der Waals surface area contributed by atoms with Crippen molar-refractivity contribution < 1.29 is 13.4 Å². The van der Waals surface area contributed by atoms with Gasteiger partial charge in [0.1, 0.15) is 19.6 Å². The van der Waals surface area contributed by atoms with E-state index in [2.05, 4.69) is 39.3 Å². The molecule has 3 heterocycles. The number of hydrogen-bond acceptors (Lipinski definition) is 0. The van der Waals surface area contributed by atoms with Gasteiger partial charge in [0.25, 0.3) is 0 Å². The summed E-state index contributed by atoms with van der Waals surface area (Å²) < 4.78 is 3.75. The van der Waals surface area contributed by atoms with Crippen molar-refractivity contribution in [2.24, 2.45) is 0 Å². The van der Waals surface area contributed by atoms with E-state index in [9.17, 15) is 0 Å². The van der Waals surface area contributed by atoms with Crippen LogP contribution >= 0.6 is 0 Å². The van der Waals surface area contributed by atoms with Gasteiger partial charge in [0, 0.05) is 16.7 Å². The fraction of sp³-hybridized carbons (Fsp3) is 0.778. The molecule has 168 valence electrons. The Morgan fingerprint density at radius 3 is 0.900 bits per heavy atom. The molecule has 3 saturated heterocycles. The van der Waals surface area contributed by atoms with Crippen molar-refractivity contribution in [3.05, 3.63) is 34.9 Å². The van der Waals surface area contributed by atoms with Crippen LogP contribution in [0.1, 0.15) is 74.5 Å². The number of benzene rings is 1. The van der Waals surface area contributed by atoms with Gasteiger partial charge >= 0.3 is 0 Å². The van der Waals surface area contributed by atoms with Gasteiger partial charge in [-0.15, -0.1) is 0 Å². The minimum Gasteiger partial charge on any atom is -0.322 e. The maximum absolute atomic E-state index is 2.59. The standard InChI is InChI=1S/C27H48N3/c1-28(13-7-4-8-14-28)22-25-19-26(23-29(2)15-9-5-10-16-29)21-27(20-25)24-30(3)17-11-6-12-18-30/h19-21H,4-18,22-24H2,1-3H3/q+3. The lowest BCUT2D eigenvalue weighted by atomic mass is 9.99. The second-order valence-corrected chi connectivity index (χ2v) is 12.0. The second-order valence-electron chi connectivity index (χ2n) is 12.0. The molecule has 1 aromatic rings. The Bertz CT molecular complexity index is 585. The molecule has 0 N–H and O–H groups in total. The summed E-state index contributed by atoms with van der Waals surface area (Å²) in [5, 5.41) is 0. The van der Waals surface area contributed by atoms with Gasteiger partial charge in [0.2, 0.25) is 0 Å². The number of nitrogens with zero attached hydrogens (tertiary/aromatic N) is 3. The minimum absolute atomic E-state index is 1.23. The van der Waals surface area contributed by atoms with E-state index in [0.29, 0.717) is 0 Å². The van der Waals surface area contributed by atoms with Gasteiger partial charge in [0.15, 0.2) is 0 Å². The summed E-state index contributed by atoms with van der Waals surface area (Å²) in [5.74, 6) is 0. The monoisotopic (exact) mass is 414 g/mol. The number of rotatable bonds is 6. The van der Waals surface area contributed by atoms with Crippen LogP contribution in [0.3, 0.4) is 0 Å². The van der Waals surface area contributed by atoms with E-state index in [4.69, 9.17) is 0 Å². The van der Waals surface area contributed by atoms with E-state index in [1.54, 1.807) is 16.7 Å².